The zero-order valence-corrected chi connectivity index (χ0v) is 15.0. The van der Waals surface area contributed by atoms with Crippen LogP contribution >= 0.6 is 11.8 Å². The molecule has 0 bridgehead atoms. The third-order valence-electron chi connectivity index (χ3n) is 4.46. The van der Waals surface area contributed by atoms with Crippen molar-refractivity contribution in [1.29, 1.82) is 0 Å². The average molecular weight is 314 g/mol. The summed E-state index contributed by atoms with van der Waals surface area (Å²) in [7, 11) is 0. The number of hydrogen-bond acceptors (Lipinski definition) is 2. The molecule has 1 fully saturated rings. The number of allylic oxidation sites excluding steroid dienone is 4. The molecule has 0 aromatic heterocycles. The van der Waals surface area contributed by atoms with E-state index in [1.54, 1.807) is 0 Å². The fourth-order valence-corrected chi connectivity index (χ4v) is 3.93. The standard InChI is InChI=1S/C20H27NS/c1-6-21-14-15-22-19(21)13-9-11-17(3)20(4,5)18-12-8-7-10-16(18)2/h7-13H,3,6,14-15H2,1-2,4-5H3/b11-9+,19-13-. The molecular weight excluding hydrogens is 286 g/mol. The Morgan fingerprint density at radius 1 is 1.36 bits per heavy atom. The van der Waals surface area contributed by atoms with Gasteiger partial charge < -0.3 is 4.90 Å². The average Bonchev–Trinajstić information content (AvgIpc) is 2.94. The molecule has 22 heavy (non-hydrogen) atoms. The molecule has 0 atom stereocenters. The number of hydrogen-bond donors (Lipinski definition) is 0. The minimum atomic E-state index is -0.0480. The first-order valence-corrected chi connectivity index (χ1v) is 8.97. The molecule has 0 N–H and O–H groups in total. The number of nitrogens with zero attached hydrogens (tertiary/aromatic N) is 1. The van der Waals surface area contributed by atoms with Crippen LogP contribution in [0.25, 0.3) is 0 Å². The van der Waals surface area contributed by atoms with Crippen molar-refractivity contribution in [1.82, 2.24) is 4.90 Å². The van der Waals surface area contributed by atoms with E-state index >= 15 is 0 Å². The predicted molar refractivity (Wildman–Crippen MR) is 100 cm³/mol. The van der Waals surface area contributed by atoms with Gasteiger partial charge in [-0.15, -0.1) is 11.8 Å². The number of benzene rings is 1. The minimum Gasteiger partial charge on any atom is -0.366 e. The zero-order chi connectivity index (χ0) is 16.2. The lowest BCUT2D eigenvalue weighted by Crippen LogP contribution is -2.20. The molecule has 1 aromatic carbocycles. The molecular formula is C20H27NS. The summed E-state index contributed by atoms with van der Waals surface area (Å²) in [6, 6.07) is 8.58. The molecule has 0 saturated carbocycles. The molecule has 0 unspecified atom stereocenters. The van der Waals surface area contributed by atoms with Crippen molar-refractivity contribution in [3.63, 3.8) is 0 Å². The highest BCUT2D eigenvalue weighted by Crippen LogP contribution is 2.33. The maximum absolute atomic E-state index is 4.31. The summed E-state index contributed by atoms with van der Waals surface area (Å²) in [5, 5.41) is 1.38. The van der Waals surface area contributed by atoms with Gasteiger partial charge in [-0.3, -0.25) is 0 Å². The minimum absolute atomic E-state index is 0.0480. The second kappa shape index (κ2) is 7.23. The summed E-state index contributed by atoms with van der Waals surface area (Å²) in [5.41, 5.74) is 3.77. The third kappa shape index (κ3) is 3.67. The van der Waals surface area contributed by atoms with E-state index in [2.05, 4.69) is 81.7 Å². The second-order valence-electron chi connectivity index (χ2n) is 6.26. The molecule has 1 saturated heterocycles. The van der Waals surface area contributed by atoms with Crippen molar-refractivity contribution >= 4 is 11.8 Å². The molecule has 0 amide bonds. The molecule has 118 valence electrons. The Labute approximate surface area is 139 Å². The van der Waals surface area contributed by atoms with Gasteiger partial charge in [0.25, 0.3) is 0 Å². The maximum atomic E-state index is 4.31. The summed E-state index contributed by atoms with van der Waals surface area (Å²) < 4.78 is 0. The van der Waals surface area contributed by atoms with Gasteiger partial charge in [0.1, 0.15) is 0 Å². The summed E-state index contributed by atoms with van der Waals surface area (Å²) in [6.07, 6.45) is 6.53. The molecule has 2 heteroatoms. The molecule has 1 aliphatic rings. The van der Waals surface area contributed by atoms with E-state index < -0.39 is 0 Å². The van der Waals surface area contributed by atoms with Crippen molar-refractivity contribution in [2.24, 2.45) is 0 Å². The molecule has 1 aromatic rings. The van der Waals surface area contributed by atoms with Gasteiger partial charge in [-0.1, -0.05) is 56.8 Å². The van der Waals surface area contributed by atoms with Crippen LogP contribution in [0.5, 0.6) is 0 Å². The highest BCUT2D eigenvalue weighted by molar-refractivity contribution is 8.03. The van der Waals surface area contributed by atoms with Crippen LogP contribution in [0.2, 0.25) is 0 Å². The van der Waals surface area contributed by atoms with Crippen LogP contribution in [0.3, 0.4) is 0 Å². The largest absolute Gasteiger partial charge is 0.366 e. The monoisotopic (exact) mass is 313 g/mol. The van der Waals surface area contributed by atoms with Crippen LogP contribution in [0.4, 0.5) is 0 Å². The normalized spacial score (nSPS) is 17.6. The highest BCUT2D eigenvalue weighted by Gasteiger charge is 2.24. The van der Waals surface area contributed by atoms with E-state index in [-0.39, 0.29) is 5.41 Å². The van der Waals surface area contributed by atoms with Crippen molar-refractivity contribution in [2.45, 2.75) is 33.1 Å². The Morgan fingerprint density at radius 3 is 2.77 bits per heavy atom. The van der Waals surface area contributed by atoms with Gasteiger partial charge in [-0.25, -0.2) is 0 Å². The van der Waals surface area contributed by atoms with Crippen molar-refractivity contribution < 1.29 is 0 Å². The molecule has 1 aliphatic heterocycles. The smallest absolute Gasteiger partial charge is 0.0708 e. The first-order chi connectivity index (χ1) is 10.5. The van der Waals surface area contributed by atoms with Gasteiger partial charge in [-0.2, -0.15) is 0 Å². The number of rotatable bonds is 5. The van der Waals surface area contributed by atoms with Gasteiger partial charge in [-0.05, 0) is 36.6 Å². The predicted octanol–water partition coefficient (Wildman–Crippen LogP) is 5.30. The Hall–Kier alpha value is -1.41. The van der Waals surface area contributed by atoms with Crippen LogP contribution in [0, 0.1) is 6.92 Å². The fourth-order valence-electron chi connectivity index (χ4n) is 2.83. The number of aryl methyl sites for hydroxylation is 1. The Bertz CT molecular complexity index is 595. The van der Waals surface area contributed by atoms with Crippen LogP contribution in [0.1, 0.15) is 31.9 Å². The van der Waals surface area contributed by atoms with E-state index in [9.17, 15) is 0 Å². The summed E-state index contributed by atoms with van der Waals surface area (Å²) in [5.74, 6) is 1.20. The summed E-state index contributed by atoms with van der Waals surface area (Å²) >= 11 is 1.94. The Morgan fingerprint density at radius 2 is 2.09 bits per heavy atom. The van der Waals surface area contributed by atoms with E-state index in [0.29, 0.717) is 0 Å². The maximum Gasteiger partial charge on any atom is 0.0708 e. The first kappa shape index (κ1) is 17.0. The molecule has 0 spiro atoms. The van der Waals surface area contributed by atoms with E-state index in [0.717, 1.165) is 18.7 Å². The van der Waals surface area contributed by atoms with Crippen LogP contribution < -0.4 is 0 Å². The number of thioether (sulfide) groups is 1. The molecule has 1 nitrogen and oxygen atoms in total. The zero-order valence-electron chi connectivity index (χ0n) is 14.2. The Balaban J connectivity index is 2.13. The van der Waals surface area contributed by atoms with Gasteiger partial charge >= 0.3 is 0 Å². The lowest BCUT2D eigenvalue weighted by molar-refractivity contribution is 0.426. The Kier molecular flexibility index (Phi) is 5.57. The molecule has 0 aliphatic carbocycles. The fraction of sp³-hybridized carbons (Fsp3) is 0.400. The van der Waals surface area contributed by atoms with Crippen molar-refractivity contribution in [3.8, 4) is 0 Å². The van der Waals surface area contributed by atoms with Gasteiger partial charge in [0.05, 0.1) is 5.03 Å². The van der Waals surface area contributed by atoms with Gasteiger partial charge in [0.2, 0.25) is 0 Å². The summed E-state index contributed by atoms with van der Waals surface area (Å²) in [4.78, 5) is 2.42. The first-order valence-electron chi connectivity index (χ1n) is 7.98. The van der Waals surface area contributed by atoms with Crippen LogP contribution in [-0.4, -0.2) is 23.7 Å². The van der Waals surface area contributed by atoms with Crippen LogP contribution in [-0.2, 0) is 5.41 Å². The van der Waals surface area contributed by atoms with E-state index in [1.165, 1.54) is 21.9 Å². The lowest BCUT2D eigenvalue weighted by Gasteiger charge is -2.28. The van der Waals surface area contributed by atoms with Crippen LogP contribution in [0.15, 0.2) is 59.7 Å². The molecule has 2 rings (SSSR count). The highest BCUT2D eigenvalue weighted by atomic mass is 32.2. The third-order valence-corrected chi connectivity index (χ3v) is 5.54. The van der Waals surface area contributed by atoms with Gasteiger partial charge in [0, 0.05) is 24.3 Å². The van der Waals surface area contributed by atoms with Gasteiger partial charge in [0.15, 0.2) is 0 Å². The topological polar surface area (TPSA) is 3.24 Å². The molecule has 0 radical (unpaired) electrons. The lowest BCUT2D eigenvalue weighted by atomic mass is 9.76. The summed E-state index contributed by atoms with van der Waals surface area (Å²) in [6.45, 7) is 15.4. The quantitative estimate of drug-likeness (QED) is 0.679. The second-order valence-corrected chi connectivity index (χ2v) is 7.37. The van der Waals surface area contributed by atoms with Crippen molar-refractivity contribution in [3.05, 3.63) is 70.8 Å². The van der Waals surface area contributed by atoms with Crippen molar-refractivity contribution in [2.75, 3.05) is 18.8 Å². The van der Waals surface area contributed by atoms with E-state index in [4.69, 9.17) is 0 Å². The van der Waals surface area contributed by atoms with E-state index in [1.807, 2.05) is 11.8 Å². The molecule has 1 heterocycles. The SMILES string of the molecule is C=C(/C=C/C=C1\SCCN1CC)C(C)(C)c1ccccc1C.